The Balaban J connectivity index is 1.54. The molecular weight excluding hydrogens is 366 g/mol. The molecule has 0 aromatic heterocycles. The molecule has 1 amide bonds. The summed E-state index contributed by atoms with van der Waals surface area (Å²) in [5.74, 6) is -1.18. The number of benzene rings is 2. The van der Waals surface area contributed by atoms with Gasteiger partial charge in [-0.2, -0.15) is 0 Å². The fraction of sp³-hybridized carbons (Fsp3) is 0.381. The fourth-order valence-corrected chi connectivity index (χ4v) is 5.13. The van der Waals surface area contributed by atoms with E-state index in [9.17, 15) is 13.6 Å². The van der Waals surface area contributed by atoms with E-state index in [0.717, 1.165) is 61.2 Å². The van der Waals surface area contributed by atoms with Crippen LogP contribution in [-0.2, 0) is 4.79 Å². The Morgan fingerprint density at radius 1 is 1.07 bits per heavy atom. The number of rotatable bonds is 5. The zero-order valence-electron chi connectivity index (χ0n) is 14.8. The van der Waals surface area contributed by atoms with E-state index in [2.05, 4.69) is 10.6 Å². The van der Waals surface area contributed by atoms with E-state index in [0.29, 0.717) is 12.1 Å². The molecule has 27 heavy (non-hydrogen) atoms. The van der Waals surface area contributed by atoms with Gasteiger partial charge in [0.1, 0.15) is 16.9 Å². The van der Waals surface area contributed by atoms with Crippen LogP contribution >= 0.6 is 11.8 Å². The minimum absolute atomic E-state index is 0.125. The first-order valence-electron chi connectivity index (χ1n) is 9.31. The van der Waals surface area contributed by atoms with Crippen LogP contribution in [0.4, 0.5) is 8.78 Å². The van der Waals surface area contributed by atoms with Crippen molar-refractivity contribution in [3.8, 4) is 0 Å². The number of carbonyl (C=O) groups excluding carboxylic acids is 1. The van der Waals surface area contributed by atoms with Crippen LogP contribution in [0.3, 0.4) is 0 Å². The molecule has 3 nitrogen and oxygen atoms in total. The Bertz CT molecular complexity index is 805. The van der Waals surface area contributed by atoms with Crippen molar-refractivity contribution in [2.45, 2.75) is 54.0 Å². The third-order valence-electron chi connectivity index (χ3n) is 5.30. The molecule has 2 bridgehead atoms. The van der Waals surface area contributed by atoms with Crippen LogP contribution in [0.2, 0.25) is 0 Å². The summed E-state index contributed by atoms with van der Waals surface area (Å²) in [7, 11) is 0. The zero-order valence-corrected chi connectivity index (χ0v) is 15.6. The molecule has 4 rings (SSSR count). The number of halogens is 2. The van der Waals surface area contributed by atoms with Gasteiger partial charge in [-0.25, -0.2) is 8.78 Å². The molecule has 3 atom stereocenters. The van der Waals surface area contributed by atoms with Crippen molar-refractivity contribution in [2.24, 2.45) is 0 Å². The number of carbonyl (C=O) groups is 1. The van der Waals surface area contributed by atoms with Crippen molar-refractivity contribution in [3.63, 3.8) is 0 Å². The van der Waals surface area contributed by atoms with Gasteiger partial charge in [-0.15, -0.1) is 11.8 Å². The molecule has 142 valence electrons. The summed E-state index contributed by atoms with van der Waals surface area (Å²) < 4.78 is 27.7. The SMILES string of the molecule is O=C(NC1CC2CCC(C1)N2)C(Sc1cc(F)ccc1F)c1ccccc1. The normalized spacial score (nSPS) is 25.2. The number of thioether (sulfide) groups is 1. The lowest BCUT2D eigenvalue weighted by molar-refractivity contribution is -0.121. The van der Waals surface area contributed by atoms with Crippen LogP contribution in [0.15, 0.2) is 53.4 Å². The lowest BCUT2D eigenvalue weighted by atomic mass is 9.99. The predicted octanol–water partition coefficient (Wildman–Crippen LogP) is 4.20. The van der Waals surface area contributed by atoms with Crippen LogP contribution in [-0.4, -0.2) is 24.0 Å². The maximum atomic E-state index is 14.2. The van der Waals surface area contributed by atoms with Gasteiger partial charge < -0.3 is 10.6 Å². The molecule has 2 heterocycles. The van der Waals surface area contributed by atoms with Crippen LogP contribution in [0.25, 0.3) is 0 Å². The number of amides is 1. The number of fused-ring (bicyclic) bond motifs is 2. The highest BCUT2D eigenvalue weighted by molar-refractivity contribution is 8.00. The Morgan fingerprint density at radius 3 is 2.48 bits per heavy atom. The Kier molecular flexibility index (Phi) is 5.45. The van der Waals surface area contributed by atoms with E-state index in [4.69, 9.17) is 0 Å². The van der Waals surface area contributed by atoms with Crippen LogP contribution < -0.4 is 10.6 Å². The van der Waals surface area contributed by atoms with E-state index in [-0.39, 0.29) is 16.8 Å². The monoisotopic (exact) mass is 388 g/mol. The standard InChI is InChI=1S/C21H22F2N2OS/c22-14-6-9-18(23)19(10-14)27-20(13-4-2-1-3-5-13)21(26)25-17-11-15-7-8-16(12-17)24-15/h1-6,9-10,15-17,20,24H,7-8,11-12H2,(H,25,26). The van der Waals surface area contributed by atoms with E-state index < -0.39 is 16.9 Å². The van der Waals surface area contributed by atoms with Crippen molar-refractivity contribution < 1.29 is 13.6 Å². The molecule has 2 aromatic rings. The largest absolute Gasteiger partial charge is 0.352 e. The molecule has 2 aliphatic rings. The molecule has 0 saturated carbocycles. The van der Waals surface area contributed by atoms with Crippen molar-refractivity contribution in [2.75, 3.05) is 0 Å². The Labute approximate surface area is 161 Å². The van der Waals surface area contributed by atoms with Crippen molar-refractivity contribution in [1.82, 2.24) is 10.6 Å². The summed E-state index contributed by atoms with van der Waals surface area (Å²) in [6.45, 7) is 0. The molecule has 2 aromatic carbocycles. The second kappa shape index (κ2) is 7.98. The molecule has 2 N–H and O–H groups in total. The van der Waals surface area contributed by atoms with Gasteiger partial charge in [-0.3, -0.25) is 4.79 Å². The first-order valence-corrected chi connectivity index (χ1v) is 10.2. The van der Waals surface area contributed by atoms with Gasteiger partial charge in [-0.05, 0) is 49.4 Å². The quantitative estimate of drug-likeness (QED) is 0.755. The number of piperidine rings is 1. The minimum Gasteiger partial charge on any atom is -0.352 e. The lowest BCUT2D eigenvalue weighted by Gasteiger charge is -2.31. The van der Waals surface area contributed by atoms with Gasteiger partial charge in [0, 0.05) is 23.0 Å². The van der Waals surface area contributed by atoms with E-state index in [1.807, 2.05) is 30.3 Å². The summed E-state index contributed by atoms with van der Waals surface area (Å²) >= 11 is 1.05. The first-order chi connectivity index (χ1) is 13.1. The Hall–Kier alpha value is -1.92. The lowest BCUT2D eigenvalue weighted by Crippen LogP contribution is -2.48. The van der Waals surface area contributed by atoms with Gasteiger partial charge in [0.05, 0.1) is 0 Å². The maximum Gasteiger partial charge on any atom is 0.238 e. The zero-order chi connectivity index (χ0) is 18.8. The topological polar surface area (TPSA) is 41.1 Å². The van der Waals surface area contributed by atoms with Gasteiger partial charge in [0.25, 0.3) is 0 Å². The molecule has 0 radical (unpaired) electrons. The molecule has 2 aliphatic heterocycles. The van der Waals surface area contributed by atoms with E-state index in [1.54, 1.807) is 0 Å². The smallest absolute Gasteiger partial charge is 0.238 e. The molecule has 6 heteroatoms. The van der Waals surface area contributed by atoms with E-state index >= 15 is 0 Å². The number of hydrogen-bond donors (Lipinski definition) is 2. The highest BCUT2D eigenvalue weighted by Crippen LogP contribution is 2.37. The predicted molar refractivity (Wildman–Crippen MR) is 103 cm³/mol. The molecule has 3 unspecified atom stereocenters. The Morgan fingerprint density at radius 2 is 1.78 bits per heavy atom. The number of hydrogen-bond acceptors (Lipinski definition) is 3. The summed E-state index contributed by atoms with van der Waals surface area (Å²) in [4.78, 5) is 13.2. The average molecular weight is 388 g/mol. The second-order valence-electron chi connectivity index (χ2n) is 7.30. The van der Waals surface area contributed by atoms with Crippen molar-refractivity contribution in [3.05, 3.63) is 65.7 Å². The maximum absolute atomic E-state index is 14.2. The van der Waals surface area contributed by atoms with Gasteiger partial charge in [0.2, 0.25) is 5.91 Å². The van der Waals surface area contributed by atoms with Crippen molar-refractivity contribution >= 4 is 17.7 Å². The van der Waals surface area contributed by atoms with Crippen molar-refractivity contribution in [1.29, 1.82) is 0 Å². The third-order valence-corrected chi connectivity index (χ3v) is 6.59. The highest BCUT2D eigenvalue weighted by Gasteiger charge is 2.35. The molecule has 2 fully saturated rings. The van der Waals surface area contributed by atoms with Gasteiger partial charge >= 0.3 is 0 Å². The average Bonchev–Trinajstić information content (AvgIpc) is 3.01. The third kappa shape index (κ3) is 4.33. The van der Waals surface area contributed by atoms with Gasteiger partial charge in [0.15, 0.2) is 0 Å². The fourth-order valence-electron chi connectivity index (χ4n) is 4.05. The molecular formula is C21H22F2N2OS. The summed E-state index contributed by atoms with van der Waals surface area (Å²) in [5, 5.41) is 6.09. The molecule has 2 saturated heterocycles. The highest BCUT2D eigenvalue weighted by atomic mass is 32.2. The number of nitrogens with one attached hydrogen (secondary N) is 2. The molecule has 0 aliphatic carbocycles. The summed E-state index contributed by atoms with van der Waals surface area (Å²) in [6, 6.07) is 13.7. The summed E-state index contributed by atoms with van der Waals surface area (Å²) in [6.07, 6.45) is 4.15. The van der Waals surface area contributed by atoms with E-state index in [1.165, 1.54) is 0 Å². The minimum atomic E-state index is -0.630. The molecule has 0 spiro atoms. The summed E-state index contributed by atoms with van der Waals surface area (Å²) in [5.41, 5.74) is 0.778. The second-order valence-corrected chi connectivity index (χ2v) is 8.45. The van der Waals surface area contributed by atoms with Gasteiger partial charge in [-0.1, -0.05) is 30.3 Å². The van der Waals surface area contributed by atoms with Crippen LogP contribution in [0.1, 0.15) is 36.5 Å². The van der Waals surface area contributed by atoms with Crippen LogP contribution in [0, 0.1) is 11.6 Å². The first kappa shape index (κ1) is 18.4. The van der Waals surface area contributed by atoms with Crippen LogP contribution in [0.5, 0.6) is 0 Å².